The predicted molar refractivity (Wildman–Crippen MR) is 86.9 cm³/mol. The van der Waals surface area contributed by atoms with Crippen LogP contribution in [-0.2, 0) is 10.3 Å². The van der Waals surface area contributed by atoms with E-state index in [0.717, 1.165) is 18.6 Å². The summed E-state index contributed by atoms with van der Waals surface area (Å²) >= 11 is 0. The van der Waals surface area contributed by atoms with Gasteiger partial charge in [0, 0.05) is 6.61 Å². The van der Waals surface area contributed by atoms with E-state index >= 15 is 0 Å². The molecule has 1 rings (SSSR count). The van der Waals surface area contributed by atoms with Crippen LogP contribution in [0.5, 0.6) is 0 Å². The van der Waals surface area contributed by atoms with E-state index in [-0.39, 0.29) is 0 Å². The minimum Gasteiger partial charge on any atom is -0.378 e. The van der Waals surface area contributed by atoms with Gasteiger partial charge in [-0.1, -0.05) is 63.4 Å². The second-order valence-electron chi connectivity index (χ2n) is 5.56. The fourth-order valence-electron chi connectivity index (χ4n) is 2.45. The average Bonchev–Trinajstić information content (AvgIpc) is 2.55. The summed E-state index contributed by atoms with van der Waals surface area (Å²) in [6.07, 6.45) is 4.80. The number of nitrogens with zero attached hydrogens (tertiary/aromatic N) is 1. The minimum absolute atomic E-state index is 0.382. The highest BCUT2D eigenvalue weighted by Crippen LogP contribution is 2.21. The van der Waals surface area contributed by atoms with Crippen molar-refractivity contribution in [1.82, 2.24) is 5.32 Å². The van der Waals surface area contributed by atoms with Crippen molar-refractivity contribution < 1.29 is 4.74 Å². The molecule has 0 fully saturated rings. The van der Waals surface area contributed by atoms with Gasteiger partial charge in [-0.2, -0.15) is 5.26 Å². The van der Waals surface area contributed by atoms with Gasteiger partial charge in [-0.3, -0.25) is 5.32 Å². The zero-order chi connectivity index (χ0) is 15.6. The smallest absolute Gasteiger partial charge is 0.155 e. The number of nitrogens with one attached hydrogen (secondary N) is 1. The van der Waals surface area contributed by atoms with Gasteiger partial charge < -0.3 is 4.74 Å². The van der Waals surface area contributed by atoms with E-state index in [0.29, 0.717) is 12.5 Å². The van der Waals surface area contributed by atoms with Gasteiger partial charge in [-0.25, -0.2) is 0 Å². The van der Waals surface area contributed by atoms with E-state index in [9.17, 15) is 5.26 Å². The summed E-state index contributed by atoms with van der Waals surface area (Å²) in [7, 11) is 1.81. The van der Waals surface area contributed by atoms with Crippen LogP contribution in [-0.4, -0.2) is 20.3 Å². The molecule has 1 aromatic carbocycles. The Labute approximate surface area is 129 Å². The number of likely N-dealkylation sites (N-methyl/N-ethyl adjacent to an activating group) is 1. The Morgan fingerprint density at radius 1 is 1.29 bits per heavy atom. The van der Waals surface area contributed by atoms with Gasteiger partial charge in [0.25, 0.3) is 0 Å². The Balaban J connectivity index is 2.62. The molecule has 0 aromatic heterocycles. The highest BCUT2D eigenvalue weighted by atomic mass is 16.5. The molecule has 0 saturated heterocycles. The topological polar surface area (TPSA) is 45.0 Å². The summed E-state index contributed by atoms with van der Waals surface area (Å²) < 4.78 is 5.90. The molecule has 0 saturated carbocycles. The summed E-state index contributed by atoms with van der Waals surface area (Å²) in [5.74, 6) is 0.592. The van der Waals surface area contributed by atoms with Crippen LogP contribution in [0.3, 0.4) is 0 Å². The molecule has 0 spiro atoms. The van der Waals surface area contributed by atoms with Crippen LogP contribution in [0.4, 0.5) is 0 Å². The first-order valence-electron chi connectivity index (χ1n) is 7.95. The normalized spacial score (nSPS) is 15.1. The summed E-state index contributed by atoms with van der Waals surface area (Å²) in [6, 6.07) is 12.2. The van der Waals surface area contributed by atoms with Gasteiger partial charge in [0.15, 0.2) is 5.54 Å². The molecule has 3 nitrogen and oxygen atoms in total. The van der Waals surface area contributed by atoms with E-state index < -0.39 is 5.54 Å². The van der Waals surface area contributed by atoms with Gasteiger partial charge >= 0.3 is 0 Å². The number of unbranched alkanes of at least 4 members (excludes halogenated alkanes) is 1. The van der Waals surface area contributed by atoms with E-state index in [1.54, 1.807) is 0 Å². The zero-order valence-electron chi connectivity index (χ0n) is 13.6. The first-order valence-corrected chi connectivity index (χ1v) is 7.95. The maximum Gasteiger partial charge on any atom is 0.155 e. The van der Waals surface area contributed by atoms with Gasteiger partial charge in [-0.15, -0.1) is 0 Å². The number of hydrogen-bond donors (Lipinski definition) is 1. The molecule has 0 radical (unpaired) electrons. The third-order valence-corrected chi connectivity index (χ3v) is 4.10. The second kappa shape index (κ2) is 9.55. The fraction of sp³-hybridized carbons (Fsp3) is 0.611. The molecule has 0 aliphatic heterocycles. The maximum atomic E-state index is 9.60. The highest BCUT2D eigenvalue weighted by Gasteiger charge is 2.30. The quantitative estimate of drug-likeness (QED) is 0.711. The van der Waals surface area contributed by atoms with Crippen LogP contribution < -0.4 is 5.32 Å². The molecule has 2 atom stereocenters. The van der Waals surface area contributed by atoms with Crippen molar-refractivity contribution in [3.05, 3.63) is 35.9 Å². The third-order valence-electron chi connectivity index (χ3n) is 4.10. The SMILES string of the molecule is CCCCC(CC)COCC(C#N)(NC)c1ccccc1. The van der Waals surface area contributed by atoms with Crippen LogP contribution in [0.2, 0.25) is 0 Å². The number of ether oxygens (including phenoxy) is 1. The summed E-state index contributed by atoms with van der Waals surface area (Å²) in [5, 5.41) is 12.7. The molecule has 1 aromatic rings. The largest absolute Gasteiger partial charge is 0.378 e. The van der Waals surface area contributed by atoms with Crippen LogP contribution >= 0.6 is 0 Å². The Hall–Kier alpha value is -1.37. The zero-order valence-corrected chi connectivity index (χ0v) is 13.6. The highest BCUT2D eigenvalue weighted by molar-refractivity contribution is 5.31. The molecule has 2 unspecified atom stereocenters. The van der Waals surface area contributed by atoms with Crippen LogP contribution in [0.25, 0.3) is 0 Å². The van der Waals surface area contributed by atoms with Crippen molar-refractivity contribution in [2.24, 2.45) is 5.92 Å². The van der Waals surface area contributed by atoms with Crippen molar-refractivity contribution in [1.29, 1.82) is 5.26 Å². The van der Waals surface area contributed by atoms with Crippen molar-refractivity contribution in [3.63, 3.8) is 0 Å². The standard InChI is InChI=1S/C18H28N2O/c1-4-6-10-16(5-2)13-21-15-18(14-19,20-3)17-11-8-7-9-12-17/h7-9,11-12,16,20H,4-6,10,13,15H2,1-3H3. The molecule has 3 heteroatoms. The Bertz CT molecular complexity index is 427. The number of nitriles is 1. The first-order chi connectivity index (χ1) is 10.2. The van der Waals surface area contributed by atoms with Crippen molar-refractivity contribution in [2.45, 2.75) is 45.1 Å². The lowest BCUT2D eigenvalue weighted by Crippen LogP contribution is -2.43. The molecule has 1 N–H and O–H groups in total. The van der Waals surface area contributed by atoms with E-state index in [2.05, 4.69) is 25.2 Å². The molecule has 21 heavy (non-hydrogen) atoms. The lowest BCUT2D eigenvalue weighted by atomic mass is 9.92. The van der Waals surface area contributed by atoms with Gasteiger partial charge in [0.1, 0.15) is 0 Å². The van der Waals surface area contributed by atoms with Crippen LogP contribution in [0.1, 0.15) is 45.1 Å². The number of rotatable bonds is 10. The molecule has 0 bridgehead atoms. The van der Waals surface area contributed by atoms with Crippen molar-refractivity contribution in [3.8, 4) is 6.07 Å². The average molecular weight is 288 g/mol. The number of benzene rings is 1. The molecule has 0 amide bonds. The van der Waals surface area contributed by atoms with Crippen LogP contribution in [0.15, 0.2) is 30.3 Å². The third kappa shape index (κ3) is 5.15. The molecule has 0 aliphatic rings. The summed E-state index contributed by atoms with van der Waals surface area (Å²) in [4.78, 5) is 0. The maximum absolute atomic E-state index is 9.60. The summed E-state index contributed by atoms with van der Waals surface area (Å²) in [6.45, 7) is 5.53. The lowest BCUT2D eigenvalue weighted by molar-refractivity contribution is 0.0609. The number of hydrogen-bond acceptors (Lipinski definition) is 3. The summed E-state index contributed by atoms with van der Waals surface area (Å²) in [5.41, 5.74) is 0.196. The second-order valence-corrected chi connectivity index (χ2v) is 5.56. The van der Waals surface area contributed by atoms with Crippen molar-refractivity contribution in [2.75, 3.05) is 20.3 Å². The lowest BCUT2D eigenvalue weighted by Gasteiger charge is -2.27. The van der Waals surface area contributed by atoms with Gasteiger partial charge in [-0.05, 0) is 24.9 Å². The molecule has 0 aliphatic carbocycles. The fourth-order valence-corrected chi connectivity index (χ4v) is 2.45. The molecular weight excluding hydrogens is 260 g/mol. The Kier molecular flexibility index (Phi) is 8.04. The predicted octanol–water partition coefficient (Wildman–Crippen LogP) is 3.86. The molecule has 116 valence electrons. The van der Waals surface area contributed by atoms with E-state index in [4.69, 9.17) is 4.74 Å². The first kappa shape index (κ1) is 17.7. The van der Waals surface area contributed by atoms with E-state index in [1.807, 2.05) is 37.4 Å². The van der Waals surface area contributed by atoms with E-state index in [1.165, 1.54) is 19.3 Å². The van der Waals surface area contributed by atoms with Gasteiger partial charge in [0.05, 0.1) is 12.7 Å². The molecule has 0 heterocycles. The van der Waals surface area contributed by atoms with Crippen LogP contribution in [0, 0.1) is 17.2 Å². The molecular formula is C18H28N2O. The van der Waals surface area contributed by atoms with Crippen molar-refractivity contribution >= 4 is 0 Å². The minimum atomic E-state index is -0.760. The Morgan fingerprint density at radius 2 is 2.00 bits per heavy atom. The van der Waals surface area contributed by atoms with Gasteiger partial charge in [0.2, 0.25) is 0 Å². The monoisotopic (exact) mass is 288 g/mol. The Morgan fingerprint density at radius 3 is 2.52 bits per heavy atom.